The number of pyridine rings is 1. The quantitative estimate of drug-likeness (QED) is 0.717. The molecule has 7 heteroatoms. The first-order valence-electron chi connectivity index (χ1n) is 6.87. The molecule has 0 aliphatic rings. The smallest absolute Gasteiger partial charge is 0.333 e. The van der Waals surface area contributed by atoms with E-state index in [0.29, 0.717) is 5.69 Å². The molecule has 0 aliphatic heterocycles. The number of para-hydroxylation sites is 1. The first-order chi connectivity index (χ1) is 11.0. The van der Waals surface area contributed by atoms with Gasteiger partial charge in [0.1, 0.15) is 5.56 Å². The molecule has 0 bridgehead atoms. The van der Waals surface area contributed by atoms with Gasteiger partial charge in [-0.1, -0.05) is 18.2 Å². The first-order valence-corrected chi connectivity index (χ1v) is 6.87. The molecule has 2 heterocycles. The molecule has 1 aromatic carbocycles. The van der Waals surface area contributed by atoms with Gasteiger partial charge < -0.3 is 5.11 Å². The standard InChI is InChI=1S/C16H14N4O3/c1-19-14(21)12(15(22)20(2)16(19)23)9-17-11-7-10-5-3-4-6-13(10)18-8-11/h3-9,21H,1-2H3. The van der Waals surface area contributed by atoms with Gasteiger partial charge >= 0.3 is 5.69 Å². The monoisotopic (exact) mass is 310 g/mol. The van der Waals surface area contributed by atoms with Gasteiger partial charge in [-0.2, -0.15) is 0 Å². The number of hydrogen-bond donors (Lipinski definition) is 1. The van der Waals surface area contributed by atoms with Crippen molar-refractivity contribution < 1.29 is 5.11 Å². The van der Waals surface area contributed by atoms with Gasteiger partial charge in [-0.05, 0) is 12.1 Å². The minimum Gasteiger partial charge on any atom is -0.494 e. The molecular weight excluding hydrogens is 296 g/mol. The molecule has 116 valence electrons. The van der Waals surface area contributed by atoms with E-state index >= 15 is 0 Å². The van der Waals surface area contributed by atoms with Crippen LogP contribution in [0.3, 0.4) is 0 Å². The molecule has 0 aliphatic carbocycles. The first kappa shape index (κ1) is 14.7. The fraction of sp³-hybridized carbons (Fsp3) is 0.125. The highest BCUT2D eigenvalue weighted by molar-refractivity contribution is 5.86. The van der Waals surface area contributed by atoms with Crippen LogP contribution in [0.1, 0.15) is 5.56 Å². The maximum atomic E-state index is 12.1. The van der Waals surface area contributed by atoms with Crippen molar-refractivity contribution >= 4 is 22.8 Å². The van der Waals surface area contributed by atoms with E-state index in [1.54, 1.807) is 6.20 Å². The summed E-state index contributed by atoms with van der Waals surface area (Å²) in [5.41, 5.74) is 0.120. The molecule has 3 aromatic rings. The molecule has 0 saturated carbocycles. The average molecular weight is 310 g/mol. The minimum absolute atomic E-state index is 0.0530. The summed E-state index contributed by atoms with van der Waals surface area (Å²) in [6.45, 7) is 0. The minimum atomic E-state index is -0.608. The number of nitrogens with zero attached hydrogens (tertiary/aromatic N) is 4. The lowest BCUT2D eigenvalue weighted by Crippen LogP contribution is -2.38. The Morgan fingerprint density at radius 3 is 2.70 bits per heavy atom. The molecule has 0 unspecified atom stereocenters. The number of aromatic nitrogens is 3. The highest BCUT2D eigenvalue weighted by atomic mass is 16.3. The molecule has 3 rings (SSSR count). The van der Waals surface area contributed by atoms with Crippen LogP contribution in [0.2, 0.25) is 0 Å². The molecular formula is C16H14N4O3. The van der Waals surface area contributed by atoms with Crippen molar-refractivity contribution in [2.24, 2.45) is 19.1 Å². The van der Waals surface area contributed by atoms with Crippen LogP contribution < -0.4 is 11.2 Å². The summed E-state index contributed by atoms with van der Waals surface area (Å²) >= 11 is 0. The van der Waals surface area contributed by atoms with Gasteiger partial charge in [-0.15, -0.1) is 0 Å². The summed E-state index contributed by atoms with van der Waals surface area (Å²) < 4.78 is 1.90. The molecule has 7 nitrogen and oxygen atoms in total. The van der Waals surface area contributed by atoms with E-state index in [9.17, 15) is 14.7 Å². The van der Waals surface area contributed by atoms with E-state index in [-0.39, 0.29) is 5.56 Å². The lowest BCUT2D eigenvalue weighted by Gasteiger charge is -2.07. The van der Waals surface area contributed by atoms with Crippen molar-refractivity contribution in [1.82, 2.24) is 14.1 Å². The van der Waals surface area contributed by atoms with E-state index in [1.807, 2.05) is 30.3 Å². The summed E-state index contributed by atoms with van der Waals surface area (Å²) in [7, 11) is 2.73. The van der Waals surface area contributed by atoms with Crippen molar-refractivity contribution in [3.05, 3.63) is 62.9 Å². The Labute approximate surface area is 130 Å². The van der Waals surface area contributed by atoms with Crippen molar-refractivity contribution in [2.45, 2.75) is 0 Å². The van der Waals surface area contributed by atoms with Gasteiger partial charge in [0, 0.05) is 25.7 Å². The lowest BCUT2D eigenvalue weighted by atomic mass is 10.2. The largest absolute Gasteiger partial charge is 0.494 e. The van der Waals surface area contributed by atoms with Crippen LogP contribution >= 0.6 is 0 Å². The van der Waals surface area contributed by atoms with E-state index in [2.05, 4.69) is 9.98 Å². The Bertz CT molecular complexity index is 1050. The van der Waals surface area contributed by atoms with E-state index < -0.39 is 17.1 Å². The molecule has 2 aromatic heterocycles. The van der Waals surface area contributed by atoms with Gasteiger partial charge in [0.25, 0.3) is 5.56 Å². The third-order valence-corrected chi connectivity index (χ3v) is 3.59. The van der Waals surface area contributed by atoms with Crippen LogP contribution in [0, 0.1) is 0 Å². The number of hydrogen-bond acceptors (Lipinski definition) is 5. The van der Waals surface area contributed by atoms with Gasteiger partial charge in [0.2, 0.25) is 5.88 Å². The summed E-state index contributed by atoms with van der Waals surface area (Å²) in [6, 6.07) is 9.40. The van der Waals surface area contributed by atoms with E-state index in [1.165, 1.54) is 20.3 Å². The second kappa shape index (κ2) is 5.53. The summed E-state index contributed by atoms with van der Waals surface area (Å²) in [6.07, 6.45) is 2.81. The predicted octanol–water partition coefficient (Wildman–Crippen LogP) is 1.09. The Morgan fingerprint density at radius 2 is 1.91 bits per heavy atom. The highest BCUT2D eigenvalue weighted by Gasteiger charge is 2.12. The van der Waals surface area contributed by atoms with Gasteiger partial charge in [0.15, 0.2) is 0 Å². The highest BCUT2D eigenvalue weighted by Crippen LogP contribution is 2.18. The zero-order chi connectivity index (χ0) is 16.6. The fourth-order valence-electron chi connectivity index (χ4n) is 2.24. The molecule has 0 saturated heterocycles. The molecule has 0 atom stereocenters. The van der Waals surface area contributed by atoms with Crippen molar-refractivity contribution in [3.63, 3.8) is 0 Å². The van der Waals surface area contributed by atoms with Gasteiger partial charge in [-0.3, -0.25) is 23.9 Å². The second-order valence-corrected chi connectivity index (χ2v) is 5.09. The Hall–Kier alpha value is -3.22. The Balaban J connectivity index is 2.09. The summed E-state index contributed by atoms with van der Waals surface area (Å²) in [5.74, 6) is -0.421. The van der Waals surface area contributed by atoms with E-state index in [0.717, 1.165) is 20.0 Å². The molecule has 0 radical (unpaired) electrons. The number of aromatic hydroxyl groups is 1. The Kier molecular flexibility index (Phi) is 3.53. The molecule has 0 fully saturated rings. The van der Waals surface area contributed by atoms with E-state index in [4.69, 9.17) is 0 Å². The van der Waals surface area contributed by atoms with Gasteiger partial charge in [0.05, 0.1) is 17.4 Å². The predicted molar refractivity (Wildman–Crippen MR) is 87.6 cm³/mol. The number of rotatable bonds is 2. The average Bonchev–Trinajstić information content (AvgIpc) is 2.58. The van der Waals surface area contributed by atoms with Crippen LogP contribution in [0.15, 0.2) is 51.1 Å². The zero-order valence-electron chi connectivity index (χ0n) is 12.6. The number of aliphatic imine (C=N–C) groups is 1. The molecule has 23 heavy (non-hydrogen) atoms. The number of fused-ring (bicyclic) bond motifs is 1. The summed E-state index contributed by atoms with van der Waals surface area (Å²) in [5, 5.41) is 10.9. The van der Waals surface area contributed by atoms with Crippen LogP contribution in [0.4, 0.5) is 5.69 Å². The van der Waals surface area contributed by atoms with Crippen molar-refractivity contribution in [1.29, 1.82) is 0 Å². The topological polar surface area (TPSA) is 89.5 Å². The van der Waals surface area contributed by atoms with Crippen LogP contribution in [-0.4, -0.2) is 25.4 Å². The molecule has 1 N–H and O–H groups in total. The summed E-state index contributed by atoms with van der Waals surface area (Å²) in [4.78, 5) is 32.2. The second-order valence-electron chi connectivity index (χ2n) is 5.09. The maximum Gasteiger partial charge on any atom is 0.333 e. The Morgan fingerprint density at radius 1 is 1.17 bits per heavy atom. The normalized spacial score (nSPS) is 11.4. The van der Waals surface area contributed by atoms with Gasteiger partial charge in [-0.25, -0.2) is 4.79 Å². The third-order valence-electron chi connectivity index (χ3n) is 3.59. The molecule has 0 spiro atoms. The fourth-order valence-corrected chi connectivity index (χ4v) is 2.24. The maximum absolute atomic E-state index is 12.1. The SMILES string of the molecule is Cn1c(O)c(C=Nc2cnc3ccccc3c2)c(=O)n(C)c1=O. The van der Waals surface area contributed by atoms with Crippen LogP contribution in [-0.2, 0) is 14.1 Å². The third kappa shape index (κ3) is 2.52. The zero-order valence-corrected chi connectivity index (χ0v) is 12.6. The van der Waals surface area contributed by atoms with Crippen LogP contribution in [0.5, 0.6) is 5.88 Å². The lowest BCUT2D eigenvalue weighted by molar-refractivity contribution is 0.410. The van der Waals surface area contributed by atoms with Crippen molar-refractivity contribution in [2.75, 3.05) is 0 Å². The molecule has 0 amide bonds. The van der Waals surface area contributed by atoms with Crippen LogP contribution in [0.25, 0.3) is 10.9 Å². The number of benzene rings is 1. The van der Waals surface area contributed by atoms with Crippen molar-refractivity contribution in [3.8, 4) is 5.88 Å².